The summed E-state index contributed by atoms with van der Waals surface area (Å²) in [7, 11) is 0. The van der Waals surface area contributed by atoms with Gasteiger partial charge in [0.05, 0.1) is 11.8 Å². The summed E-state index contributed by atoms with van der Waals surface area (Å²) < 4.78 is 0. The van der Waals surface area contributed by atoms with Crippen LogP contribution in [0.15, 0.2) is 23.0 Å². The minimum atomic E-state index is -0.748. The SMILES string of the molecule is O=C(NCC1(O)CCSCC1)c1cnc(-c2ccsc2)s1. The number of amides is 1. The molecule has 4 nitrogen and oxygen atoms in total. The molecule has 0 aliphatic carbocycles. The summed E-state index contributed by atoms with van der Waals surface area (Å²) in [5, 5.41) is 18.1. The molecular weight excluding hydrogens is 324 g/mol. The van der Waals surface area contributed by atoms with E-state index in [1.165, 1.54) is 11.3 Å². The number of hydrogen-bond acceptors (Lipinski definition) is 6. The number of carbonyl (C=O) groups is 1. The largest absolute Gasteiger partial charge is 0.388 e. The van der Waals surface area contributed by atoms with E-state index in [0.717, 1.165) is 34.9 Å². The number of nitrogens with zero attached hydrogens (tertiary/aromatic N) is 1. The van der Waals surface area contributed by atoms with Crippen molar-refractivity contribution in [2.24, 2.45) is 0 Å². The van der Waals surface area contributed by atoms with Crippen molar-refractivity contribution in [3.8, 4) is 10.6 Å². The predicted octanol–water partition coefficient (Wildman–Crippen LogP) is 2.86. The van der Waals surface area contributed by atoms with E-state index in [2.05, 4.69) is 10.3 Å². The van der Waals surface area contributed by atoms with Gasteiger partial charge in [-0.1, -0.05) is 0 Å². The highest BCUT2D eigenvalue weighted by molar-refractivity contribution is 7.99. The fourth-order valence-electron chi connectivity index (χ4n) is 2.16. The minimum Gasteiger partial charge on any atom is -0.388 e. The lowest BCUT2D eigenvalue weighted by Crippen LogP contribution is -2.45. The second-order valence-electron chi connectivity index (χ2n) is 5.06. The predicted molar refractivity (Wildman–Crippen MR) is 89.3 cm³/mol. The van der Waals surface area contributed by atoms with Gasteiger partial charge in [-0.25, -0.2) is 4.98 Å². The first-order valence-electron chi connectivity index (χ1n) is 6.73. The van der Waals surface area contributed by atoms with Gasteiger partial charge < -0.3 is 10.4 Å². The molecule has 0 unspecified atom stereocenters. The molecule has 1 aliphatic heterocycles. The first-order valence-corrected chi connectivity index (χ1v) is 9.64. The van der Waals surface area contributed by atoms with Gasteiger partial charge in [0.1, 0.15) is 9.88 Å². The molecule has 3 rings (SSSR count). The average molecular weight is 340 g/mol. The fourth-order valence-corrected chi connectivity index (χ4v) is 4.96. The van der Waals surface area contributed by atoms with Crippen LogP contribution in [0.2, 0.25) is 0 Å². The molecule has 3 heterocycles. The van der Waals surface area contributed by atoms with Gasteiger partial charge in [-0.05, 0) is 35.8 Å². The van der Waals surface area contributed by atoms with Crippen LogP contribution in [-0.4, -0.2) is 39.6 Å². The maximum Gasteiger partial charge on any atom is 0.263 e. The van der Waals surface area contributed by atoms with E-state index in [4.69, 9.17) is 0 Å². The molecule has 0 spiro atoms. The Balaban J connectivity index is 1.61. The van der Waals surface area contributed by atoms with Gasteiger partial charge in [0, 0.05) is 17.5 Å². The molecule has 7 heteroatoms. The van der Waals surface area contributed by atoms with E-state index < -0.39 is 5.60 Å². The van der Waals surface area contributed by atoms with Crippen LogP contribution in [0.1, 0.15) is 22.5 Å². The molecule has 0 aromatic carbocycles. The summed E-state index contributed by atoms with van der Waals surface area (Å²) in [4.78, 5) is 17.0. The zero-order valence-corrected chi connectivity index (χ0v) is 13.8. The Morgan fingerprint density at radius 2 is 2.24 bits per heavy atom. The Hall–Kier alpha value is -0.890. The van der Waals surface area contributed by atoms with Gasteiger partial charge in [-0.15, -0.1) is 11.3 Å². The highest BCUT2D eigenvalue weighted by atomic mass is 32.2. The molecule has 0 radical (unpaired) electrons. The number of nitrogens with one attached hydrogen (secondary N) is 1. The van der Waals surface area contributed by atoms with E-state index in [-0.39, 0.29) is 5.91 Å². The summed E-state index contributed by atoms with van der Waals surface area (Å²) in [6.07, 6.45) is 3.08. The topological polar surface area (TPSA) is 62.2 Å². The zero-order valence-electron chi connectivity index (χ0n) is 11.4. The van der Waals surface area contributed by atoms with Crippen LogP contribution in [0, 0.1) is 0 Å². The van der Waals surface area contributed by atoms with E-state index in [1.807, 2.05) is 28.6 Å². The van der Waals surface area contributed by atoms with E-state index in [0.29, 0.717) is 11.4 Å². The summed E-state index contributed by atoms with van der Waals surface area (Å²) in [5.41, 5.74) is 0.300. The smallest absolute Gasteiger partial charge is 0.263 e. The molecule has 2 aromatic rings. The molecule has 21 heavy (non-hydrogen) atoms. The van der Waals surface area contributed by atoms with Crippen LogP contribution in [0.25, 0.3) is 10.6 Å². The molecule has 0 bridgehead atoms. The van der Waals surface area contributed by atoms with E-state index in [9.17, 15) is 9.90 Å². The molecule has 1 fully saturated rings. The Labute approximate surface area is 135 Å². The van der Waals surface area contributed by atoms with Crippen molar-refractivity contribution in [1.29, 1.82) is 0 Å². The average Bonchev–Trinajstić information content (AvgIpc) is 3.16. The molecule has 1 aliphatic rings. The molecule has 1 saturated heterocycles. The van der Waals surface area contributed by atoms with Crippen LogP contribution in [0.4, 0.5) is 0 Å². The van der Waals surface area contributed by atoms with Crippen molar-refractivity contribution in [2.45, 2.75) is 18.4 Å². The van der Waals surface area contributed by atoms with Crippen LogP contribution < -0.4 is 5.32 Å². The van der Waals surface area contributed by atoms with Gasteiger partial charge in [0.25, 0.3) is 5.91 Å². The van der Waals surface area contributed by atoms with Crippen LogP contribution in [0.3, 0.4) is 0 Å². The highest BCUT2D eigenvalue weighted by Crippen LogP contribution is 2.28. The molecule has 112 valence electrons. The number of thioether (sulfide) groups is 1. The van der Waals surface area contributed by atoms with E-state index in [1.54, 1.807) is 17.5 Å². The standard InChI is InChI=1S/C14H16N2O2S3/c17-12(16-9-14(18)2-5-19-6-3-14)11-7-15-13(21-11)10-1-4-20-8-10/h1,4,7-8,18H,2-3,5-6,9H2,(H,16,17). The second-order valence-corrected chi connectivity index (χ2v) is 8.10. The monoisotopic (exact) mass is 340 g/mol. The molecule has 2 N–H and O–H groups in total. The maximum absolute atomic E-state index is 12.2. The summed E-state index contributed by atoms with van der Waals surface area (Å²) in [6, 6.07) is 1.99. The Kier molecular flexibility index (Phi) is 4.63. The third-order valence-electron chi connectivity index (χ3n) is 3.50. The quantitative estimate of drug-likeness (QED) is 0.898. The number of hydrogen-bond donors (Lipinski definition) is 2. The first kappa shape index (κ1) is 15.0. The van der Waals surface area contributed by atoms with Gasteiger partial charge in [-0.3, -0.25) is 4.79 Å². The summed E-state index contributed by atoms with van der Waals surface area (Å²) in [6.45, 7) is 0.318. The number of aromatic nitrogens is 1. The third-order valence-corrected chi connectivity index (χ3v) is 6.21. The van der Waals surface area contributed by atoms with Gasteiger partial charge in [-0.2, -0.15) is 23.1 Å². The zero-order chi connectivity index (χ0) is 14.7. The first-order chi connectivity index (χ1) is 10.2. The fraction of sp³-hybridized carbons (Fsp3) is 0.429. The lowest BCUT2D eigenvalue weighted by atomic mass is 9.97. The minimum absolute atomic E-state index is 0.152. The van der Waals surface area contributed by atoms with Crippen LogP contribution in [0.5, 0.6) is 0 Å². The van der Waals surface area contributed by atoms with Crippen molar-refractivity contribution in [1.82, 2.24) is 10.3 Å². The summed E-state index contributed by atoms with van der Waals surface area (Å²) in [5.74, 6) is 1.76. The number of carbonyl (C=O) groups excluding carboxylic acids is 1. The number of aliphatic hydroxyl groups is 1. The van der Waals surface area contributed by atoms with Gasteiger partial charge in [0.2, 0.25) is 0 Å². The normalized spacial score (nSPS) is 17.6. The summed E-state index contributed by atoms with van der Waals surface area (Å²) >= 11 is 4.84. The Morgan fingerprint density at radius 3 is 2.95 bits per heavy atom. The third kappa shape index (κ3) is 3.66. The van der Waals surface area contributed by atoms with Crippen molar-refractivity contribution in [3.05, 3.63) is 27.9 Å². The van der Waals surface area contributed by atoms with Crippen LogP contribution >= 0.6 is 34.4 Å². The van der Waals surface area contributed by atoms with Crippen molar-refractivity contribution < 1.29 is 9.90 Å². The Bertz CT molecular complexity index is 604. The Morgan fingerprint density at radius 1 is 1.43 bits per heavy atom. The maximum atomic E-state index is 12.2. The van der Waals surface area contributed by atoms with Crippen molar-refractivity contribution in [2.75, 3.05) is 18.1 Å². The molecule has 1 amide bonds. The molecular formula is C14H16N2O2S3. The number of thiazole rings is 1. The molecule has 0 atom stereocenters. The second kappa shape index (κ2) is 6.48. The van der Waals surface area contributed by atoms with Gasteiger partial charge in [0.15, 0.2) is 0 Å². The van der Waals surface area contributed by atoms with Crippen molar-refractivity contribution in [3.63, 3.8) is 0 Å². The lowest BCUT2D eigenvalue weighted by molar-refractivity contribution is 0.0312. The number of rotatable bonds is 4. The van der Waals surface area contributed by atoms with Crippen molar-refractivity contribution >= 4 is 40.3 Å². The van der Waals surface area contributed by atoms with E-state index >= 15 is 0 Å². The lowest BCUT2D eigenvalue weighted by Gasteiger charge is -2.31. The molecule has 2 aromatic heterocycles. The van der Waals surface area contributed by atoms with Crippen LogP contribution in [-0.2, 0) is 0 Å². The number of thiophene rings is 1. The molecule has 0 saturated carbocycles. The van der Waals surface area contributed by atoms with Gasteiger partial charge >= 0.3 is 0 Å². The highest BCUT2D eigenvalue weighted by Gasteiger charge is 2.30.